The molecular weight excluding hydrogens is 669 g/mol. The van der Waals surface area contributed by atoms with Crippen molar-refractivity contribution in [3.8, 4) is 33.8 Å². The molecule has 3 nitrogen and oxygen atoms in total. The summed E-state index contributed by atoms with van der Waals surface area (Å²) in [5.74, 6) is 0. The molecule has 0 aliphatic heterocycles. The van der Waals surface area contributed by atoms with Crippen LogP contribution in [0.1, 0.15) is 16.7 Å². The van der Waals surface area contributed by atoms with Gasteiger partial charge < -0.3 is 0 Å². The zero-order valence-electron chi connectivity index (χ0n) is 23.0. The Kier molecular flexibility index (Phi) is 12.2. The van der Waals surface area contributed by atoms with E-state index in [9.17, 15) is 0 Å². The Morgan fingerprint density at radius 2 is 0.575 bits per heavy atom. The Morgan fingerprint density at radius 1 is 0.325 bits per heavy atom. The third-order valence-corrected chi connectivity index (χ3v) is 6.04. The first-order valence-corrected chi connectivity index (χ1v) is 13.0. The third kappa shape index (κ3) is 9.52. The molecule has 6 aromatic rings. The van der Waals surface area contributed by atoms with Gasteiger partial charge >= 0.3 is 0 Å². The van der Waals surface area contributed by atoms with Crippen molar-refractivity contribution in [2.45, 2.75) is 20.8 Å². The first kappa shape index (κ1) is 30.3. The SMILES string of the molecule is Cc1ccc(-c2ccccn2)cc1.Cc1ccc(-c2ccccn2)cc1.Cc1ccc(-c2ccccn2)cc1.[Pt]. The van der Waals surface area contributed by atoms with Crippen LogP contribution >= 0.6 is 0 Å². The van der Waals surface area contributed by atoms with E-state index in [1.807, 2.05) is 73.2 Å². The molecule has 0 saturated carbocycles. The van der Waals surface area contributed by atoms with E-state index in [0.29, 0.717) is 0 Å². The predicted molar refractivity (Wildman–Crippen MR) is 163 cm³/mol. The molecule has 0 aliphatic carbocycles. The van der Waals surface area contributed by atoms with E-state index in [4.69, 9.17) is 0 Å². The molecule has 40 heavy (non-hydrogen) atoms. The van der Waals surface area contributed by atoms with Crippen molar-refractivity contribution in [3.63, 3.8) is 0 Å². The Labute approximate surface area is 252 Å². The van der Waals surface area contributed by atoms with E-state index in [-0.39, 0.29) is 21.1 Å². The predicted octanol–water partition coefficient (Wildman–Crippen LogP) is 9.17. The van der Waals surface area contributed by atoms with Crippen LogP contribution in [0.5, 0.6) is 0 Å². The third-order valence-electron chi connectivity index (χ3n) is 6.04. The van der Waals surface area contributed by atoms with Gasteiger partial charge in [-0.2, -0.15) is 0 Å². The maximum absolute atomic E-state index is 4.28. The molecule has 3 aromatic heterocycles. The number of aryl methyl sites for hydroxylation is 3. The molecule has 202 valence electrons. The molecule has 0 spiro atoms. The summed E-state index contributed by atoms with van der Waals surface area (Å²) in [6, 6.07) is 43.0. The van der Waals surface area contributed by atoms with Crippen molar-refractivity contribution in [2.75, 3.05) is 0 Å². The standard InChI is InChI=1S/3C12H11N.Pt/c3*1-10-5-7-11(8-6-10)12-4-2-3-9-13-12;/h3*2-9H,1H3;. The Morgan fingerprint density at radius 3 is 0.775 bits per heavy atom. The first-order chi connectivity index (χ1) is 19.1. The summed E-state index contributed by atoms with van der Waals surface area (Å²) >= 11 is 0. The second-order valence-electron chi connectivity index (χ2n) is 9.24. The van der Waals surface area contributed by atoms with Crippen molar-refractivity contribution in [3.05, 3.63) is 163 Å². The summed E-state index contributed by atoms with van der Waals surface area (Å²) in [6.45, 7) is 6.26. The number of pyridine rings is 3. The van der Waals surface area contributed by atoms with Gasteiger partial charge in [-0.05, 0) is 57.2 Å². The van der Waals surface area contributed by atoms with Gasteiger partial charge in [0.15, 0.2) is 0 Å². The van der Waals surface area contributed by atoms with Gasteiger partial charge in [-0.25, -0.2) is 0 Å². The van der Waals surface area contributed by atoms with Gasteiger partial charge in [0, 0.05) is 56.3 Å². The van der Waals surface area contributed by atoms with Crippen LogP contribution in [0.4, 0.5) is 0 Å². The van der Waals surface area contributed by atoms with E-state index in [0.717, 1.165) is 17.1 Å². The van der Waals surface area contributed by atoms with Crippen LogP contribution in [-0.2, 0) is 21.1 Å². The minimum Gasteiger partial charge on any atom is -0.256 e. The average molecular weight is 703 g/mol. The molecule has 0 radical (unpaired) electrons. The maximum Gasteiger partial charge on any atom is 0.0701 e. The van der Waals surface area contributed by atoms with E-state index in [1.54, 1.807) is 0 Å². The normalized spacial score (nSPS) is 9.68. The molecule has 0 unspecified atom stereocenters. The van der Waals surface area contributed by atoms with Gasteiger partial charge in [-0.3, -0.25) is 15.0 Å². The molecule has 0 atom stereocenters. The number of nitrogens with zero attached hydrogens (tertiary/aromatic N) is 3. The quantitative estimate of drug-likeness (QED) is 0.185. The van der Waals surface area contributed by atoms with E-state index in [2.05, 4.69) is 109 Å². The molecule has 0 N–H and O–H groups in total. The van der Waals surface area contributed by atoms with Crippen LogP contribution in [-0.4, -0.2) is 15.0 Å². The van der Waals surface area contributed by atoms with Crippen molar-refractivity contribution < 1.29 is 21.1 Å². The number of benzene rings is 3. The smallest absolute Gasteiger partial charge is 0.0701 e. The molecule has 0 amide bonds. The Hall–Kier alpha value is -4.20. The minimum absolute atomic E-state index is 0. The number of hydrogen-bond acceptors (Lipinski definition) is 3. The number of rotatable bonds is 3. The molecule has 0 aliphatic rings. The van der Waals surface area contributed by atoms with Gasteiger partial charge in [0.05, 0.1) is 17.1 Å². The van der Waals surface area contributed by atoms with Crippen LogP contribution < -0.4 is 0 Å². The summed E-state index contributed by atoms with van der Waals surface area (Å²) in [5.41, 5.74) is 10.4. The van der Waals surface area contributed by atoms with Gasteiger partial charge in [-0.15, -0.1) is 0 Å². The Bertz CT molecular complexity index is 1330. The fourth-order valence-corrected chi connectivity index (χ4v) is 3.77. The van der Waals surface area contributed by atoms with Crippen LogP contribution in [0, 0.1) is 20.8 Å². The molecule has 3 heterocycles. The zero-order chi connectivity index (χ0) is 27.3. The molecule has 0 saturated heterocycles. The van der Waals surface area contributed by atoms with Crippen LogP contribution in [0.15, 0.2) is 146 Å². The van der Waals surface area contributed by atoms with E-state index in [1.165, 1.54) is 33.4 Å². The number of hydrogen-bond donors (Lipinski definition) is 0. The van der Waals surface area contributed by atoms with E-state index >= 15 is 0 Å². The molecule has 4 heteroatoms. The molecular formula is C36H33N3Pt. The largest absolute Gasteiger partial charge is 0.256 e. The van der Waals surface area contributed by atoms with Gasteiger partial charge in [0.1, 0.15) is 0 Å². The first-order valence-electron chi connectivity index (χ1n) is 13.0. The zero-order valence-corrected chi connectivity index (χ0v) is 25.3. The second kappa shape index (κ2) is 16.0. The van der Waals surface area contributed by atoms with Crippen LogP contribution in [0.25, 0.3) is 33.8 Å². The molecule has 0 fully saturated rings. The summed E-state index contributed by atoms with van der Waals surface area (Å²) in [6.07, 6.45) is 5.44. The topological polar surface area (TPSA) is 38.7 Å². The maximum atomic E-state index is 4.28. The fraction of sp³-hybridized carbons (Fsp3) is 0.0833. The summed E-state index contributed by atoms with van der Waals surface area (Å²) in [5, 5.41) is 0. The van der Waals surface area contributed by atoms with E-state index < -0.39 is 0 Å². The summed E-state index contributed by atoms with van der Waals surface area (Å²) < 4.78 is 0. The average Bonchev–Trinajstić information content (AvgIpc) is 3.00. The van der Waals surface area contributed by atoms with Gasteiger partial charge in [0.2, 0.25) is 0 Å². The van der Waals surface area contributed by atoms with Crippen LogP contribution in [0.2, 0.25) is 0 Å². The summed E-state index contributed by atoms with van der Waals surface area (Å²) in [4.78, 5) is 12.8. The van der Waals surface area contributed by atoms with Gasteiger partial charge in [-0.1, -0.05) is 108 Å². The molecule has 3 aromatic carbocycles. The van der Waals surface area contributed by atoms with Crippen molar-refractivity contribution in [1.82, 2.24) is 15.0 Å². The fourth-order valence-electron chi connectivity index (χ4n) is 3.77. The monoisotopic (exact) mass is 702 g/mol. The summed E-state index contributed by atoms with van der Waals surface area (Å²) in [7, 11) is 0. The molecule has 6 rings (SSSR count). The molecule has 0 bridgehead atoms. The van der Waals surface area contributed by atoms with Crippen molar-refractivity contribution in [1.29, 1.82) is 0 Å². The number of aromatic nitrogens is 3. The minimum atomic E-state index is 0. The Balaban J connectivity index is 0.000000163. The van der Waals surface area contributed by atoms with Crippen molar-refractivity contribution in [2.24, 2.45) is 0 Å². The second-order valence-corrected chi connectivity index (χ2v) is 9.24. The van der Waals surface area contributed by atoms with Crippen molar-refractivity contribution >= 4 is 0 Å². The van der Waals surface area contributed by atoms with Crippen LogP contribution in [0.3, 0.4) is 0 Å². The van der Waals surface area contributed by atoms with Gasteiger partial charge in [0.25, 0.3) is 0 Å².